The lowest BCUT2D eigenvalue weighted by molar-refractivity contribution is -0.00145. The second-order valence-corrected chi connectivity index (χ2v) is 10.2. The Labute approximate surface area is 196 Å². The molecule has 7 rings (SSSR count). The quantitative estimate of drug-likeness (QED) is 0.490. The van der Waals surface area contributed by atoms with Crippen molar-refractivity contribution in [2.24, 2.45) is 11.8 Å². The van der Waals surface area contributed by atoms with Gasteiger partial charge in [-0.05, 0) is 49.8 Å². The second-order valence-electron chi connectivity index (χ2n) is 9.80. The normalized spacial score (nSPS) is 26.9. The van der Waals surface area contributed by atoms with Crippen molar-refractivity contribution in [2.75, 3.05) is 18.0 Å². The molecule has 3 fully saturated rings. The van der Waals surface area contributed by atoms with E-state index >= 15 is 0 Å². The smallest absolute Gasteiger partial charge is 0.103 e. The van der Waals surface area contributed by atoms with Gasteiger partial charge in [-0.1, -0.05) is 17.7 Å². The summed E-state index contributed by atoms with van der Waals surface area (Å²) in [6.45, 7) is 1.67. The fraction of sp³-hybridized carbons (Fsp3) is 0.400. The van der Waals surface area contributed by atoms with E-state index in [1.165, 1.54) is 12.8 Å². The van der Waals surface area contributed by atoms with Crippen molar-refractivity contribution in [3.05, 3.63) is 65.8 Å². The maximum Gasteiger partial charge on any atom is 0.103 e. The number of fused-ring (bicyclic) bond motifs is 2. The van der Waals surface area contributed by atoms with Crippen molar-refractivity contribution in [2.45, 2.75) is 37.3 Å². The zero-order chi connectivity index (χ0) is 22.2. The first-order valence-corrected chi connectivity index (χ1v) is 12.1. The molecule has 168 valence electrons. The largest absolute Gasteiger partial charge is 0.385 e. The van der Waals surface area contributed by atoms with Gasteiger partial charge in [0.2, 0.25) is 0 Å². The van der Waals surface area contributed by atoms with Crippen molar-refractivity contribution in [1.82, 2.24) is 24.5 Å². The van der Waals surface area contributed by atoms with E-state index in [2.05, 4.69) is 32.3 Å². The zero-order valence-electron chi connectivity index (χ0n) is 18.2. The van der Waals surface area contributed by atoms with Crippen LogP contribution in [0.25, 0.3) is 16.6 Å². The molecule has 4 heterocycles. The average molecular weight is 461 g/mol. The van der Waals surface area contributed by atoms with Crippen LogP contribution in [-0.4, -0.2) is 42.7 Å². The maximum absolute atomic E-state index is 11.6. The van der Waals surface area contributed by atoms with E-state index in [4.69, 9.17) is 11.6 Å². The van der Waals surface area contributed by atoms with Gasteiger partial charge in [0.25, 0.3) is 0 Å². The molecule has 8 heteroatoms. The van der Waals surface area contributed by atoms with E-state index in [1.807, 2.05) is 46.2 Å². The standard InChI is InChI=1S/C25H25ClN6O/c26-22-8-17-10-29-32(20-12-28-31(14-20)19-3-4-19)23(17)9-24(22)30-13-16-5-6-25(33,21(16)15-30)18-2-1-7-27-11-18/h1-2,7-12,14,16,19,21,33H,3-6,13,15H2. The number of aliphatic hydroxyl groups is 1. The van der Waals surface area contributed by atoms with Crippen LogP contribution in [-0.2, 0) is 5.60 Å². The minimum atomic E-state index is -0.830. The van der Waals surface area contributed by atoms with Gasteiger partial charge >= 0.3 is 0 Å². The third-order valence-electron chi connectivity index (χ3n) is 7.84. The summed E-state index contributed by atoms with van der Waals surface area (Å²) in [5.41, 5.74) is 3.08. The lowest BCUT2D eigenvalue weighted by Crippen LogP contribution is -2.35. The predicted molar refractivity (Wildman–Crippen MR) is 127 cm³/mol. The SMILES string of the molecule is OC1(c2cccnc2)CCC2CN(c3cc4c(cnn4-c4cnn(C5CC5)c4)cc3Cl)CC21. The van der Waals surface area contributed by atoms with Gasteiger partial charge in [0.15, 0.2) is 0 Å². The molecule has 7 nitrogen and oxygen atoms in total. The Morgan fingerprint density at radius 1 is 1.06 bits per heavy atom. The topological polar surface area (TPSA) is 72.0 Å². The van der Waals surface area contributed by atoms with Gasteiger partial charge in [0.1, 0.15) is 5.69 Å². The summed E-state index contributed by atoms with van der Waals surface area (Å²) in [6.07, 6.45) is 13.6. The zero-order valence-corrected chi connectivity index (χ0v) is 18.9. The van der Waals surface area contributed by atoms with Crippen molar-refractivity contribution < 1.29 is 5.11 Å². The summed E-state index contributed by atoms with van der Waals surface area (Å²) in [4.78, 5) is 6.59. The molecular weight excluding hydrogens is 436 g/mol. The fourth-order valence-electron chi connectivity index (χ4n) is 5.93. The maximum atomic E-state index is 11.6. The number of rotatable bonds is 4. The minimum Gasteiger partial charge on any atom is -0.385 e. The monoisotopic (exact) mass is 460 g/mol. The molecule has 2 saturated carbocycles. The Morgan fingerprint density at radius 2 is 1.97 bits per heavy atom. The molecule has 1 saturated heterocycles. The fourth-order valence-corrected chi connectivity index (χ4v) is 6.22. The second kappa shape index (κ2) is 7.05. The first-order valence-electron chi connectivity index (χ1n) is 11.7. The Morgan fingerprint density at radius 3 is 2.79 bits per heavy atom. The van der Waals surface area contributed by atoms with Gasteiger partial charge in [-0.3, -0.25) is 9.67 Å². The van der Waals surface area contributed by atoms with Crippen LogP contribution >= 0.6 is 11.6 Å². The van der Waals surface area contributed by atoms with Crippen LogP contribution in [0, 0.1) is 11.8 Å². The van der Waals surface area contributed by atoms with Crippen molar-refractivity contribution in [1.29, 1.82) is 0 Å². The Balaban J connectivity index is 1.23. The third kappa shape index (κ3) is 3.02. The van der Waals surface area contributed by atoms with Crippen molar-refractivity contribution in [3.8, 4) is 5.69 Å². The van der Waals surface area contributed by atoms with Gasteiger partial charge in [-0.2, -0.15) is 10.2 Å². The molecule has 1 aromatic carbocycles. The summed E-state index contributed by atoms with van der Waals surface area (Å²) in [6, 6.07) is 8.58. The number of benzene rings is 1. The van der Waals surface area contributed by atoms with Crippen LogP contribution in [0.1, 0.15) is 37.3 Å². The number of pyridine rings is 1. The van der Waals surface area contributed by atoms with Crippen molar-refractivity contribution >= 4 is 28.2 Å². The number of aromatic nitrogens is 5. The molecule has 1 aliphatic heterocycles. The summed E-state index contributed by atoms with van der Waals surface area (Å²) in [7, 11) is 0. The molecule has 0 spiro atoms. The number of anilines is 1. The highest BCUT2D eigenvalue weighted by Gasteiger charge is 2.52. The molecule has 3 aliphatic rings. The first kappa shape index (κ1) is 19.6. The number of nitrogens with zero attached hydrogens (tertiary/aromatic N) is 6. The van der Waals surface area contributed by atoms with Crippen LogP contribution in [0.5, 0.6) is 0 Å². The molecule has 0 amide bonds. The molecule has 4 aromatic rings. The van der Waals surface area contributed by atoms with E-state index in [0.29, 0.717) is 12.0 Å². The summed E-state index contributed by atoms with van der Waals surface area (Å²) >= 11 is 6.77. The third-order valence-corrected chi connectivity index (χ3v) is 8.15. The van der Waals surface area contributed by atoms with Gasteiger partial charge in [-0.25, -0.2) is 4.68 Å². The molecule has 2 aliphatic carbocycles. The van der Waals surface area contributed by atoms with Gasteiger partial charge < -0.3 is 10.0 Å². The van der Waals surface area contributed by atoms with Crippen molar-refractivity contribution in [3.63, 3.8) is 0 Å². The molecule has 0 bridgehead atoms. The average Bonchev–Trinajstić information content (AvgIpc) is 3.17. The highest BCUT2D eigenvalue weighted by molar-refractivity contribution is 6.34. The Hall–Kier alpha value is -2.90. The Kier molecular flexibility index (Phi) is 4.18. The number of hydrogen-bond donors (Lipinski definition) is 1. The van der Waals surface area contributed by atoms with Crippen LogP contribution in [0.2, 0.25) is 5.02 Å². The van der Waals surface area contributed by atoms with Gasteiger partial charge in [-0.15, -0.1) is 0 Å². The van der Waals surface area contributed by atoms with Crippen LogP contribution in [0.15, 0.2) is 55.2 Å². The van der Waals surface area contributed by atoms with E-state index in [-0.39, 0.29) is 5.92 Å². The van der Waals surface area contributed by atoms with E-state index in [9.17, 15) is 5.11 Å². The predicted octanol–water partition coefficient (Wildman–Crippen LogP) is 4.34. The molecule has 1 N–H and O–H groups in total. The first-order chi connectivity index (χ1) is 16.1. The lowest BCUT2D eigenvalue weighted by Gasteiger charge is -2.31. The highest BCUT2D eigenvalue weighted by atomic mass is 35.5. The van der Waals surface area contributed by atoms with Gasteiger partial charge in [0, 0.05) is 42.4 Å². The molecular formula is C25H25ClN6O. The summed E-state index contributed by atoms with van der Waals surface area (Å²) in [5, 5.41) is 22.5. The molecule has 0 radical (unpaired) electrons. The number of halogens is 1. The molecule has 33 heavy (non-hydrogen) atoms. The summed E-state index contributed by atoms with van der Waals surface area (Å²) < 4.78 is 3.99. The van der Waals surface area contributed by atoms with Crippen LogP contribution < -0.4 is 4.90 Å². The molecule has 3 unspecified atom stereocenters. The number of hydrogen-bond acceptors (Lipinski definition) is 5. The summed E-state index contributed by atoms with van der Waals surface area (Å²) in [5.74, 6) is 0.596. The van der Waals surface area contributed by atoms with E-state index in [1.54, 1.807) is 6.20 Å². The minimum absolute atomic E-state index is 0.162. The van der Waals surface area contributed by atoms with Crippen LogP contribution in [0.3, 0.4) is 0 Å². The van der Waals surface area contributed by atoms with Crippen LogP contribution in [0.4, 0.5) is 5.69 Å². The highest BCUT2D eigenvalue weighted by Crippen LogP contribution is 2.51. The van der Waals surface area contributed by atoms with Gasteiger partial charge in [0.05, 0.1) is 46.5 Å². The Bertz CT molecular complexity index is 1350. The molecule has 3 atom stereocenters. The lowest BCUT2D eigenvalue weighted by atomic mass is 9.83. The van der Waals surface area contributed by atoms with E-state index in [0.717, 1.165) is 58.8 Å². The van der Waals surface area contributed by atoms with E-state index < -0.39 is 5.60 Å². The molecule has 3 aromatic heterocycles.